The molecular formula is C30H24O11. The van der Waals surface area contributed by atoms with Crippen LogP contribution in [0.3, 0.4) is 0 Å². The zero-order valence-corrected chi connectivity index (χ0v) is 21.0. The van der Waals surface area contributed by atoms with Gasteiger partial charge in [0.25, 0.3) is 0 Å². The van der Waals surface area contributed by atoms with Crippen molar-refractivity contribution in [2.24, 2.45) is 0 Å². The van der Waals surface area contributed by atoms with Gasteiger partial charge >= 0.3 is 0 Å². The van der Waals surface area contributed by atoms with Crippen LogP contribution in [0.25, 0.3) is 11.1 Å². The zero-order valence-electron chi connectivity index (χ0n) is 21.0. The van der Waals surface area contributed by atoms with Gasteiger partial charge in [0, 0.05) is 22.3 Å². The van der Waals surface area contributed by atoms with Gasteiger partial charge in [-0.2, -0.15) is 0 Å². The molecule has 0 spiro atoms. The van der Waals surface area contributed by atoms with Gasteiger partial charge in [0.1, 0.15) is 29.8 Å². The Morgan fingerprint density at radius 1 is 0.512 bits per heavy atom. The highest BCUT2D eigenvalue weighted by molar-refractivity contribution is 5.86. The predicted molar refractivity (Wildman–Crippen MR) is 140 cm³/mol. The summed E-state index contributed by atoms with van der Waals surface area (Å²) in [7, 11) is 0. The SMILES string of the molecule is Oc1ccc(C2Oc3c(cc4c(c3O)OC3c5c-4cc(O)c(O)c5OC(c4ccc(O)cc4)C3O)C(O)C2O)cc1. The highest BCUT2D eigenvalue weighted by atomic mass is 16.6. The lowest BCUT2D eigenvalue weighted by Crippen LogP contribution is -2.39. The average Bonchev–Trinajstić information content (AvgIpc) is 2.96. The molecule has 3 aliphatic heterocycles. The van der Waals surface area contributed by atoms with Crippen LogP contribution in [0.5, 0.6) is 46.0 Å². The molecule has 0 aliphatic carbocycles. The molecule has 7 rings (SSSR count). The van der Waals surface area contributed by atoms with E-state index in [4.69, 9.17) is 14.2 Å². The van der Waals surface area contributed by atoms with Crippen LogP contribution in [0.15, 0.2) is 60.7 Å². The molecule has 41 heavy (non-hydrogen) atoms. The van der Waals surface area contributed by atoms with Crippen LogP contribution in [-0.4, -0.2) is 53.1 Å². The third-order valence-corrected chi connectivity index (χ3v) is 7.84. The summed E-state index contributed by atoms with van der Waals surface area (Å²) in [6, 6.07) is 14.4. The molecule has 0 amide bonds. The van der Waals surface area contributed by atoms with Crippen molar-refractivity contribution in [3.8, 4) is 57.1 Å². The number of phenolic OH excluding ortho intramolecular Hbond substituents is 5. The molecule has 0 aromatic heterocycles. The van der Waals surface area contributed by atoms with Crippen LogP contribution in [0, 0.1) is 0 Å². The molecule has 6 atom stereocenters. The van der Waals surface area contributed by atoms with E-state index in [2.05, 4.69) is 0 Å². The molecule has 0 saturated carbocycles. The van der Waals surface area contributed by atoms with Crippen LogP contribution < -0.4 is 14.2 Å². The van der Waals surface area contributed by atoms with E-state index in [-0.39, 0.29) is 51.0 Å². The van der Waals surface area contributed by atoms with Gasteiger partial charge in [-0.25, -0.2) is 0 Å². The fourth-order valence-electron chi connectivity index (χ4n) is 5.78. The summed E-state index contributed by atoms with van der Waals surface area (Å²) in [5, 5.41) is 85.4. The van der Waals surface area contributed by atoms with Gasteiger partial charge in [0.05, 0.1) is 0 Å². The Morgan fingerprint density at radius 2 is 1.05 bits per heavy atom. The molecule has 210 valence electrons. The van der Waals surface area contributed by atoms with Crippen molar-refractivity contribution in [1.82, 2.24) is 0 Å². The highest BCUT2D eigenvalue weighted by Gasteiger charge is 2.48. The second-order valence-corrected chi connectivity index (χ2v) is 10.3. The summed E-state index contributed by atoms with van der Waals surface area (Å²) >= 11 is 0. The first kappa shape index (κ1) is 25.1. The molecule has 11 heteroatoms. The molecule has 8 N–H and O–H groups in total. The second kappa shape index (κ2) is 8.83. The minimum absolute atomic E-state index is 0.00161. The Kier molecular flexibility index (Phi) is 5.42. The van der Waals surface area contributed by atoms with Gasteiger partial charge in [-0.1, -0.05) is 24.3 Å². The molecule has 11 nitrogen and oxygen atoms in total. The lowest BCUT2D eigenvalue weighted by molar-refractivity contribution is -0.0726. The number of aliphatic hydroxyl groups is 3. The van der Waals surface area contributed by atoms with E-state index in [0.29, 0.717) is 11.1 Å². The summed E-state index contributed by atoms with van der Waals surface area (Å²) in [5.41, 5.74) is 1.59. The molecule has 3 heterocycles. The fourth-order valence-corrected chi connectivity index (χ4v) is 5.78. The van der Waals surface area contributed by atoms with Gasteiger partial charge in [-0.05, 0) is 47.5 Å². The van der Waals surface area contributed by atoms with E-state index >= 15 is 0 Å². The maximum Gasteiger partial charge on any atom is 0.201 e. The van der Waals surface area contributed by atoms with Gasteiger partial charge in [0.2, 0.25) is 11.5 Å². The number of hydrogen-bond acceptors (Lipinski definition) is 11. The van der Waals surface area contributed by atoms with Gasteiger partial charge in [0.15, 0.2) is 41.3 Å². The Hall–Kier alpha value is -4.84. The van der Waals surface area contributed by atoms with Crippen molar-refractivity contribution in [2.75, 3.05) is 0 Å². The Labute approximate surface area is 231 Å². The second-order valence-electron chi connectivity index (χ2n) is 10.3. The number of aliphatic hydroxyl groups excluding tert-OH is 3. The van der Waals surface area contributed by atoms with Crippen LogP contribution in [0.1, 0.15) is 46.7 Å². The van der Waals surface area contributed by atoms with Gasteiger partial charge in [-0.3, -0.25) is 0 Å². The molecule has 4 aromatic carbocycles. The number of phenols is 5. The summed E-state index contributed by atoms with van der Waals surface area (Å²) in [5.74, 6) is -2.02. The molecule has 0 radical (unpaired) electrons. The van der Waals surface area contributed by atoms with Crippen molar-refractivity contribution in [3.63, 3.8) is 0 Å². The maximum absolute atomic E-state index is 11.4. The van der Waals surface area contributed by atoms with E-state index in [1.54, 1.807) is 0 Å². The topological polar surface area (TPSA) is 190 Å². The number of ether oxygens (including phenoxy) is 3. The summed E-state index contributed by atoms with van der Waals surface area (Å²) in [6.07, 6.45) is -7.67. The van der Waals surface area contributed by atoms with E-state index in [0.717, 1.165) is 0 Å². The van der Waals surface area contributed by atoms with Crippen LogP contribution >= 0.6 is 0 Å². The molecule has 3 aliphatic rings. The molecule has 6 unspecified atom stereocenters. The lowest BCUT2D eigenvalue weighted by Gasteiger charge is -2.42. The molecular weight excluding hydrogens is 536 g/mol. The highest BCUT2D eigenvalue weighted by Crippen LogP contribution is 2.62. The van der Waals surface area contributed by atoms with Gasteiger partial charge in [-0.15, -0.1) is 0 Å². The van der Waals surface area contributed by atoms with E-state index in [1.165, 1.54) is 60.7 Å². The third-order valence-electron chi connectivity index (χ3n) is 7.84. The Morgan fingerprint density at radius 3 is 1.66 bits per heavy atom. The van der Waals surface area contributed by atoms with Crippen molar-refractivity contribution in [2.45, 2.75) is 36.6 Å². The maximum atomic E-state index is 11.4. The summed E-state index contributed by atoms with van der Waals surface area (Å²) in [6.45, 7) is 0. The minimum atomic E-state index is -1.51. The van der Waals surface area contributed by atoms with Crippen molar-refractivity contribution < 1.29 is 55.1 Å². The zero-order chi connectivity index (χ0) is 28.7. The smallest absolute Gasteiger partial charge is 0.201 e. The lowest BCUT2D eigenvalue weighted by atomic mass is 9.82. The predicted octanol–water partition coefficient (Wildman–Crippen LogP) is 3.34. The van der Waals surface area contributed by atoms with Crippen LogP contribution in [0.4, 0.5) is 0 Å². The molecule has 0 saturated heterocycles. The normalized spacial score (nSPS) is 25.5. The third kappa shape index (κ3) is 3.63. The van der Waals surface area contributed by atoms with Crippen LogP contribution in [-0.2, 0) is 0 Å². The first-order valence-electron chi connectivity index (χ1n) is 12.7. The number of benzene rings is 4. The fraction of sp³-hybridized carbons (Fsp3) is 0.200. The quantitative estimate of drug-likeness (QED) is 0.168. The minimum Gasteiger partial charge on any atom is -0.508 e. The van der Waals surface area contributed by atoms with Crippen LogP contribution in [0.2, 0.25) is 0 Å². The first-order chi connectivity index (χ1) is 19.6. The van der Waals surface area contributed by atoms with E-state index in [1.807, 2.05) is 0 Å². The van der Waals surface area contributed by atoms with E-state index in [9.17, 15) is 40.9 Å². The Balaban J connectivity index is 1.38. The molecule has 0 fully saturated rings. The Bertz CT molecular complexity index is 1680. The number of aromatic hydroxyl groups is 5. The van der Waals surface area contributed by atoms with Gasteiger partial charge < -0.3 is 55.1 Å². The van der Waals surface area contributed by atoms with Crippen molar-refractivity contribution in [3.05, 3.63) is 82.9 Å². The average molecular weight is 561 g/mol. The molecule has 4 aromatic rings. The number of hydrogen-bond donors (Lipinski definition) is 8. The number of fused-ring (bicyclic) bond motifs is 3. The summed E-state index contributed by atoms with van der Waals surface area (Å²) in [4.78, 5) is 0. The standard InChI is InChI=1S/C30H24O11/c31-13-5-1-11(2-6-13)25-22(36)20(34)17-9-16-15-10-18(33)21(35)29-19(15)30(41-27(16)24(38)28(17)39-25)23(37)26(40-29)12-3-7-14(32)8-4-12/h1-10,20,22-23,25-26,30-38H. The van der Waals surface area contributed by atoms with E-state index < -0.39 is 53.9 Å². The largest absolute Gasteiger partial charge is 0.508 e. The monoisotopic (exact) mass is 560 g/mol. The van der Waals surface area contributed by atoms with Crippen molar-refractivity contribution >= 4 is 0 Å². The summed E-state index contributed by atoms with van der Waals surface area (Å²) < 4.78 is 18.1. The first-order valence-corrected chi connectivity index (χ1v) is 12.7. The molecule has 0 bridgehead atoms. The van der Waals surface area contributed by atoms with Crippen molar-refractivity contribution in [1.29, 1.82) is 0 Å². The number of rotatable bonds is 2.